The fourth-order valence-electron chi connectivity index (χ4n) is 1.86. The molecule has 0 saturated carbocycles. The minimum absolute atomic E-state index is 0.0680. The number of carbonyl (C=O) groups is 1. The van der Waals surface area contributed by atoms with Crippen molar-refractivity contribution >= 4 is 27.5 Å². The zero-order valence-corrected chi connectivity index (χ0v) is 11.4. The van der Waals surface area contributed by atoms with Crippen molar-refractivity contribution in [1.29, 1.82) is 0 Å². The van der Waals surface area contributed by atoms with Gasteiger partial charge < -0.3 is 4.57 Å². The van der Waals surface area contributed by atoms with E-state index in [0.29, 0.717) is 6.42 Å². The number of amides is 1. The van der Waals surface area contributed by atoms with Gasteiger partial charge in [-0.25, -0.2) is 0 Å². The van der Waals surface area contributed by atoms with Crippen molar-refractivity contribution in [1.82, 2.24) is 4.57 Å². The van der Waals surface area contributed by atoms with E-state index in [2.05, 4.69) is 31.0 Å². The van der Waals surface area contributed by atoms with Gasteiger partial charge in [0.15, 0.2) is 4.80 Å². The van der Waals surface area contributed by atoms with E-state index in [1.165, 1.54) is 15.8 Å². The van der Waals surface area contributed by atoms with Gasteiger partial charge in [0.1, 0.15) is 0 Å². The summed E-state index contributed by atoms with van der Waals surface area (Å²) in [6.45, 7) is 6.00. The number of hydrogen-bond acceptors (Lipinski definition) is 2. The Bertz CT molecular complexity index is 649. The van der Waals surface area contributed by atoms with Gasteiger partial charge in [0.25, 0.3) is 0 Å². The highest BCUT2D eigenvalue weighted by molar-refractivity contribution is 7.16. The van der Waals surface area contributed by atoms with E-state index in [1.54, 1.807) is 11.3 Å². The van der Waals surface area contributed by atoms with E-state index in [4.69, 9.17) is 0 Å². The molecule has 0 bridgehead atoms. The van der Waals surface area contributed by atoms with E-state index < -0.39 is 0 Å². The lowest BCUT2D eigenvalue weighted by molar-refractivity contribution is -0.117. The van der Waals surface area contributed by atoms with Gasteiger partial charge >= 0.3 is 0 Å². The van der Waals surface area contributed by atoms with E-state index >= 15 is 0 Å². The molecule has 0 N–H and O–H groups in total. The zero-order chi connectivity index (χ0) is 12.6. The van der Waals surface area contributed by atoms with Gasteiger partial charge in [-0.2, -0.15) is 4.99 Å². The topological polar surface area (TPSA) is 34.4 Å². The van der Waals surface area contributed by atoms with Crippen molar-refractivity contribution in [2.75, 3.05) is 0 Å². The number of hydrogen-bond donors (Lipinski definition) is 0. The van der Waals surface area contributed by atoms with E-state index in [9.17, 15) is 4.79 Å². The molecular weight excluding hydrogens is 232 g/mol. The molecule has 2 aromatic rings. The lowest BCUT2D eigenvalue weighted by atomic mass is 10.1. The molecule has 0 aliphatic heterocycles. The Morgan fingerprint density at radius 3 is 2.76 bits per heavy atom. The average molecular weight is 248 g/mol. The van der Waals surface area contributed by atoms with Crippen LogP contribution in [-0.4, -0.2) is 10.5 Å². The maximum atomic E-state index is 11.4. The van der Waals surface area contributed by atoms with Crippen LogP contribution in [0.4, 0.5) is 0 Å². The van der Waals surface area contributed by atoms with Gasteiger partial charge in [-0.05, 0) is 31.0 Å². The molecule has 0 fully saturated rings. The molecule has 1 amide bonds. The average Bonchev–Trinajstić information content (AvgIpc) is 2.57. The summed E-state index contributed by atoms with van der Waals surface area (Å²) in [6.07, 6.45) is 0.451. The zero-order valence-electron chi connectivity index (χ0n) is 10.6. The van der Waals surface area contributed by atoms with Gasteiger partial charge in [-0.15, -0.1) is 0 Å². The highest BCUT2D eigenvalue weighted by atomic mass is 32.1. The highest BCUT2D eigenvalue weighted by Crippen LogP contribution is 2.22. The Hall–Kier alpha value is -1.42. The Kier molecular flexibility index (Phi) is 3.15. The molecule has 3 nitrogen and oxygen atoms in total. The molecule has 0 aliphatic rings. The van der Waals surface area contributed by atoms with Crippen molar-refractivity contribution in [2.45, 2.75) is 27.2 Å². The van der Waals surface area contributed by atoms with Gasteiger partial charge in [0.2, 0.25) is 5.91 Å². The highest BCUT2D eigenvalue weighted by Gasteiger charge is 2.07. The van der Waals surface area contributed by atoms with E-state index in [-0.39, 0.29) is 5.91 Å². The maximum Gasteiger partial charge on any atom is 0.248 e. The van der Waals surface area contributed by atoms with Crippen molar-refractivity contribution < 1.29 is 4.79 Å². The SMILES string of the molecule is CCC(=O)N=c1sc2c(C)cc(C)cc2n1C. The molecule has 0 spiro atoms. The Labute approximate surface area is 104 Å². The number of carbonyl (C=O) groups excluding carboxylic acids is 1. The number of rotatable bonds is 1. The third-order valence-corrected chi connectivity index (χ3v) is 4.05. The summed E-state index contributed by atoms with van der Waals surface area (Å²) < 4.78 is 3.20. The molecule has 0 unspecified atom stereocenters. The van der Waals surface area contributed by atoms with Crippen molar-refractivity contribution in [2.24, 2.45) is 12.0 Å². The van der Waals surface area contributed by atoms with Crippen LogP contribution in [-0.2, 0) is 11.8 Å². The first-order valence-corrected chi connectivity index (χ1v) is 6.49. The smallest absolute Gasteiger partial charge is 0.248 e. The molecule has 1 aromatic carbocycles. The first-order valence-electron chi connectivity index (χ1n) is 5.67. The fourth-order valence-corrected chi connectivity index (χ4v) is 2.95. The normalized spacial score (nSPS) is 12.4. The second-order valence-corrected chi connectivity index (χ2v) is 5.21. The minimum atomic E-state index is -0.0680. The Morgan fingerprint density at radius 1 is 1.41 bits per heavy atom. The predicted octanol–water partition coefficient (Wildman–Crippen LogP) is 2.69. The number of fused-ring (bicyclic) bond motifs is 1. The van der Waals surface area contributed by atoms with Crippen molar-refractivity contribution in [3.8, 4) is 0 Å². The Balaban J connectivity index is 2.77. The molecule has 0 atom stereocenters. The van der Waals surface area contributed by atoms with Crippen LogP contribution in [0, 0.1) is 13.8 Å². The number of nitrogens with zero attached hydrogens (tertiary/aromatic N) is 2. The monoisotopic (exact) mass is 248 g/mol. The summed E-state index contributed by atoms with van der Waals surface area (Å²) in [5.41, 5.74) is 3.62. The summed E-state index contributed by atoms with van der Waals surface area (Å²) in [5, 5.41) is 0. The molecule has 0 saturated heterocycles. The number of thiazole rings is 1. The summed E-state index contributed by atoms with van der Waals surface area (Å²) in [4.78, 5) is 16.3. The molecule has 0 aliphatic carbocycles. The minimum Gasteiger partial charge on any atom is -0.319 e. The molecule has 17 heavy (non-hydrogen) atoms. The maximum absolute atomic E-state index is 11.4. The molecular formula is C13H16N2OS. The molecule has 90 valence electrons. The van der Waals surface area contributed by atoms with Crippen LogP contribution in [0.15, 0.2) is 17.1 Å². The molecule has 1 aromatic heterocycles. The van der Waals surface area contributed by atoms with Crippen LogP contribution < -0.4 is 4.80 Å². The van der Waals surface area contributed by atoms with E-state index in [0.717, 1.165) is 10.3 Å². The molecule has 4 heteroatoms. The predicted molar refractivity (Wildman–Crippen MR) is 71.1 cm³/mol. The van der Waals surface area contributed by atoms with Crippen LogP contribution in [0.3, 0.4) is 0 Å². The quantitative estimate of drug-likeness (QED) is 0.764. The molecule has 2 rings (SSSR count). The van der Waals surface area contributed by atoms with Crippen molar-refractivity contribution in [3.05, 3.63) is 28.1 Å². The third-order valence-electron chi connectivity index (χ3n) is 2.76. The van der Waals surface area contributed by atoms with Crippen LogP contribution >= 0.6 is 11.3 Å². The summed E-state index contributed by atoms with van der Waals surface area (Å²) in [6, 6.07) is 4.29. The van der Waals surface area contributed by atoms with Crippen LogP contribution in [0.5, 0.6) is 0 Å². The van der Waals surface area contributed by atoms with Gasteiger partial charge in [-0.1, -0.05) is 24.3 Å². The second-order valence-electron chi connectivity index (χ2n) is 4.23. The number of aryl methyl sites for hydroxylation is 3. The van der Waals surface area contributed by atoms with Crippen LogP contribution in [0.25, 0.3) is 10.2 Å². The fraction of sp³-hybridized carbons (Fsp3) is 0.385. The lowest BCUT2D eigenvalue weighted by Crippen LogP contribution is -2.12. The molecule has 0 radical (unpaired) electrons. The largest absolute Gasteiger partial charge is 0.319 e. The number of benzene rings is 1. The van der Waals surface area contributed by atoms with Gasteiger partial charge in [-0.3, -0.25) is 4.79 Å². The Morgan fingerprint density at radius 2 is 2.12 bits per heavy atom. The standard InChI is InChI=1S/C13H16N2OS/c1-5-11(16)14-13-15(4)10-7-8(2)6-9(3)12(10)17-13/h6-7H,5H2,1-4H3. The second kappa shape index (κ2) is 4.45. The van der Waals surface area contributed by atoms with E-state index in [1.807, 2.05) is 18.5 Å². The summed E-state index contributed by atoms with van der Waals surface area (Å²) in [5.74, 6) is -0.0680. The first-order chi connectivity index (χ1) is 8.02. The first kappa shape index (κ1) is 12.0. The summed E-state index contributed by atoms with van der Waals surface area (Å²) >= 11 is 1.58. The van der Waals surface area contributed by atoms with Gasteiger partial charge in [0, 0.05) is 13.5 Å². The lowest BCUT2D eigenvalue weighted by Gasteiger charge is -2.00. The third kappa shape index (κ3) is 2.17. The number of aromatic nitrogens is 1. The summed E-state index contributed by atoms with van der Waals surface area (Å²) in [7, 11) is 1.96. The van der Waals surface area contributed by atoms with Crippen LogP contribution in [0.2, 0.25) is 0 Å². The van der Waals surface area contributed by atoms with Crippen LogP contribution in [0.1, 0.15) is 24.5 Å². The van der Waals surface area contributed by atoms with Crippen molar-refractivity contribution in [3.63, 3.8) is 0 Å². The van der Waals surface area contributed by atoms with Gasteiger partial charge in [0.05, 0.1) is 10.2 Å². The molecule has 1 heterocycles.